The van der Waals surface area contributed by atoms with E-state index < -0.39 is 0 Å². The maximum atomic E-state index is 6.10. The lowest BCUT2D eigenvalue weighted by Crippen LogP contribution is -2.29. The summed E-state index contributed by atoms with van der Waals surface area (Å²) in [7, 11) is 0. The van der Waals surface area contributed by atoms with Crippen LogP contribution in [0, 0.1) is 0 Å². The summed E-state index contributed by atoms with van der Waals surface area (Å²) in [6, 6.07) is 12.4. The molecule has 0 fully saturated rings. The second-order valence-corrected chi connectivity index (χ2v) is 6.17. The maximum absolute atomic E-state index is 6.10. The van der Waals surface area contributed by atoms with Crippen molar-refractivity contribution in [2.24, 2.45) is 5.84 Å². The molecule has 1 unspecified atom stereocenters. The van der Waals surface area contributed by atoms with Crippen LogP contribution in [-0.4, -0.2) is 0 Å². The van der Waals surface area contributed by atoms with Gasteiger partial charge in [-0.1, -0.05) is 34.1 Å². The molecule has 20 heavy (non-hydrogen) atoms. The number of aryl methyl sites for hydroxylation is 2. The van der Waals surface area contributed by atoms with E-state index in [1.807, 2.05) is 18.2 Å². The van der Waals surface area contributed by atoms with Crippen LogP contribution in [0.5, 0.6) is 0 Å². The molecule has 1 atom stereocenters. The molecule has 4 heteroatoms. The summed E-state index contributed by atoms with van der Waals surface area (Å²) in [5.74, 6) is 5.78. The molecular weight excluding hydrogens is 314 g/mol. The zero-order chi connectivity index (χ0) is 14.1. The Labute approximate surface area is 127 Å². The Balaban J connectivity index is 2.03. The summed E-state index contributed by atoms with van der Waals surface area (Å²) in [6.07, 6.45) is 3.60. The lowest BCUT2D eigenvalue weighted by molar-refractivity contribution is 0.637. The number of hydrazine groups is 1. The predicted octanol–water partition coefficient (Wildman–Crippen LogP) is 3.07. The van der Waals surface area contributed by atoms with E-state index >= 15 is 0 Å². The van der Waals surface area contributed by atoms with Crippen molar-refractivity contribution in [3.8, 4) is 0 Å². The summed E-state index contributed by atoms with van der Waals surface area (Å²) in [5.41, 5.74) is 14.8. The van der Waals surface area contributed by atoms with Crippen LogP contribution in [0.15, 0.2) is 40.9 Å². The third-order valence-corrected chi connectivity index (χ3v) is 4.48. The normalized spacial score (nSPS) is 15.1. The second-order valence-electron chi connectivity index (χ2n) is 5.25. The number of benzene rings is 2. The van der Waals surface area contributed by atoms with Crippen LogP contribution < -0.4 is 17.0 Å². The first-order valence-electron chi connectivity index (χ1n) is 6.82. The van der Waals surface area contributed by atoms with Crippen LogP contribution in [0.4, 0.5) is 5.69 Å². The Hall–Kier alpha value is -1.36. The quantitative estimate of drug-likeness (QED) is 0.460. The Morgan fingerprint density at radius 1 is 1.05 bits per heavy atom. The third kappa shape index (κ3) is 2.46. The topological polar surface area (TPSA) is 64.1 Å². The highest BCUT2D eigenvalue weighted by Gasteiger charge is 2.18. The van der Waals surface area contributed by atoms with Gasteiger partial charge in [0.25, 0.3) is 0 Å². The number of hydrogen-bond acceptors (Lipinski definition) is 3. The minimum atomic E-state index is -0.0848. The number of anilines is 1. The standard InChI is InChI=1S/C16H18BrN3/c17-13-6-7-15(18)14(9-13)16(20-19)12-5-4-10-2-1-3-11(10)8-12/h4-9,16,20H,1-3,18-19H2. The Kier molecular flexibility index (Phi) is 3.78. The number of nitrogen functional groups attached to an aromatic ring is 1. The summed E-state index contributed by atoms with van der Waals surface area (Å²) in [5, 5.41) is 0. The first-order chi connectivity index (χ1) is 9.69. The van der Waals surface area contributed by atoms with Crippen molar-refractivity contribution < 1.29 is 0 Å². The van der Waals surface area contributed by atoms with Gasteiger partial charge in [-0.15, -0.1) is 0 Å². The van der Waals surface area contributed by atoms with Crippen LogP contribution in [-0.2, 0) is 12.8 Å². The molecule has 5 N–H and O–H groups in total. The molecule has 1 aliphatic rings. The SMILES string of the molecule is NNC(c1ccc2c(c1)CCC2)c1cc(Br)ccc1N. The second kappa shape index (κ2) is 5.56. The molecule has 0 aromatic heterocycles. The van der Waals surface area contributed by atoms with E-state index in [4.69, 9.17) is 11.6 Å². The molecule has 0 amide bonds. The lowest BCUT2D eigenvalue weighted by atomic mass is 9.95. The maximum Gasteiger partial charge on any atom is 0.0730 e. The molecule has 0 spiro atoms. The van der Waals surface area contributed by atoms with E-state index in [2.05, 4.69) is 39.6 Å². The van der Waals surface area contributed by atoms with Gasteiger partial charge >= 0.3 is 0 Å². The molecule has 0 saturated carbocycles. The number of nitrogens with two attached hydrogens (primary N) is 2. The molecule has 0 radical (unpaired) electrons. The first-order valence-corrected chi connectivity index (χ1v) is 7.61. The van der Waals surface area contributed by atoms with Crippen molar-refractivity contribution in [2.45, 2.75) is 25.3 Å². The van der Waals surface area contributed by atoms with Crippen molar-refractivity contribution in [3.05, 3.63) is 63.1 Å². The number of rotatable bonds is 3. The van der Waals surface area contributed by atoms with Crippen LogP contribution in [0.2, 0.25) is 0 Å². The summed E-state index contributed by atoms with van der Waals surface area (Å²) < 4.78 is 1.00. The average Bonchev–Trinajstić information content (AvgIpc) is 2.91. The molecule has 2 aromatic rings. The molecule has 2 aromatic carbocycles. The van der Waals surface area contributed by atoms with Gasteiger partial charge < -0.3 is 5.73 Å². The molecule has 0 bridgehead atoms. The predicted molar refractivity (Wildman–Crippen MR) is 86.2 cm³/mol. The molecule has 0 heterocycles. The van der Waals surface area contributed by atoms with E-state index in [0.29, 0.717) is 0 Å². The first kappa shape index (κ1) is 13.6. The molecule has 0 saturated heterocycles. The van der Waals surface area contributed by atoms with Crippen molar-refractivity contribution in [3.63, 3.8) is 0 Å². The Morgan fingerprint density at radius 2 is 1.85 bits per heavy atom. The minimum absolute atomic E-state index is 0.0848. The van der Waals surface area contributed by atoms with Gasteiger partial charge in [0, 0.05) is 10.2 Å². The summed E-state index contributed by atoms with van der Waals surface area (Å²) in [6.45, 7) is 0. The fraction of sp³-hybridized carbons (Fsp3) is 0.250. The van der Waals surface area contributed by atoms with E-state index in [0.717, 1.165) is 27.7 Å². The molecule has 104 valence electrons. The van der Waals surface area contributed by atoms with Gasteiger partial charge in [0.15, 0.2) is 0 Å². The summed E-state index contributed by atoms with van der Waals surface area (Å²) >= 11 is 3.49. The number of nitrogens with one attached hydrogen (secondary N) is 1. The number of halogens is 1. The lowest BCUT2D eigenvalue weighted by Gasteiger charge is -2.20. The van der Waals surface area contributed by atoms with Crippen LogP contribution in [0.1, 0.15) is 34.7 Å². The largest absolute Gasteiger partial charge is 0.398 e. The van der Waals surface area contributed by atoms with E-state index in [9.17, 15) is 0 Å². The van der Waals surface area contributed by atoms with E-state index in [1.54, 1.807) is 0 Å². The number of fused-ring (bicyclic) bond motifs is 1. The fourth-order valence-electron chi connectivity index (χ4n) is 2.93. The van der Waals surface area contributed by atoms with E-state index in [-0.39, 0.29) is 6.04 Å². The summed E-state index contributed by atoms with van der Waals surface area (Å²) in [4.78, 5) is 0. The monoisotopic (exact) mass is 331 g/mol. The molecular formula is C16H18BrN3. The van der Waals surface area contributed by atoms with Gasteiger partial charge in [-0.2, -0.15) is 0 Å². The number of hydrogen-bond donors (Lipinski definition) is 3. The van der Waals surface area contributed by atoms with Crippen molar-refractivity contribution in [1.29, 1.82) is 0 Å². The van der Waals surface area contributed by atoms with Gasteiger partial charge in [-0.25, -0.2) is 5.43 Å². The Bertz CT molecular complexity index is 640. The zero-order valence-corrected chi connectivity index (χ0v) is 12.8. The highest BCUT2D eigenvalue weighted by molar-refractivity contribution is 9.10. The third-order valence-electron chi connectivity index (χ3n) is 3.98. The smallest absolute Gasteiger partial charge is 0.0730 e. The molecule has 3 rings (SSSR count). The van der Waals surface area contributed by atoms with Crippen LogP contribution in [0.25, 0.3) is 0 Å². The van der Waals surface area contributed by atoms with Crippen LogP contribution >= 0.6 is 15.9 Å². The highest BCUT2D eigenvalue weighted by Crippen LogP contribution is 2.31. The van der Waals surface area contributed by atoms with Crippen molar-refractivity contribution in [2.75, 3.05) is 5.73 Å². The van der Waals surface area contributed by atoms with E-state index in [1.165, 1.54) is 24.0 Å². The van der Waals surface area contributed by atoms with Crippen molar-refractivity contribution in [1.82, 2.24) is 5.43 Å². The molecule has 0 aliphatic heterocycles. The molecule has 3 nitrogen and oxygen atoms in total. The highest BCUT2D eigenvalue weighted by atomic mass is 79.9. The Morgan fingerprint density at radius 3 is 2.65 bits per heavy atom. The van der Waals surface area contributed by atoms with Crippen molar-refractivity contribution >= 4 is 21.6 Å². The fourth-order valence-corrected chi connectivity index (χ4v) is 3.31. The van der Waals surface area contributed by atoms with Gasteiger partial charge in [0.1, 0.15) is 0 Å². The molecule has 1 aliphatic carbocycles. The van der Waals surface area contributed by atoms with Gasteiger partial charge in [0.2, 0.25) is 0 Å². The van der Waals surface area contributed by atoms with Gasteiger partial charge in [-0.05, 0) is 59.7 Å². The average molecular weight is 332 g/mol. The van der Waals surface area contributed by atoms with Gasteiger partial charge in [0.05, 0.1) is 6.04 Å². The van der Waals surface area contributed by atoms with Crippen LogP contribution in [0.3, 0.4) is 0 Å². The minimum Gasteiger partial charge on any atom is -0.398 e. The zero-order valence-electron chi connectivity index (χ0n) is 11.2. The van der Waals surface area contributed by atoms with Gasteiger partial charge in [-0.3, -0.25) is 5.84 Å².